The average molecular weight is 499 g/mol. The lowest BCUT2D eigenvalue weighted by Gasteiger charge is -2.38. The van der Waals surface area contributed by atoms with Gasteiger partial charge in [-0.15, -0.1) is 0 Å². The standard InChI is InChI=1S/C26H31FN4O5/c1-4-36-25(32)22-20(16-30-12-14-31(15-13-30)18-10-8-17(27)9-11-18)28-26(33)29-23(22)19-6-5-7-21(34-2)24(19)35-3/h5-11,23H,4,12-16H2,1-3H3,(H2,28,29,33)/t23-/m1/s1. The Hall–Kier alpha value is -3.79. The maximum absolute atomic E-state index is 13.3. The van der Waals surface area contributed by atoms with Crippen LogP contribution in [0.25, 0.3) is 0 Å². The second-order valence-electron chi connectivity index (χ2n) is 8.47. The van der Waals surface area contributed by atoms with Crippen molar-refractivity contribution in [2.24, 2.45) is 0 Å². The maximum Gasteiger partial charge on any atom is 0.338 e. The van der Waals surface area contributed by atoms with E-state index in [1.807, 2.05) is 0 Å². The topological polar surface area (TPSA) is 92.4 Å². The number of urea groups is 1. The van der Waals surface area contributed by atoms with Crippen molar-refractivity contribution >= 4 is 17.7 Å². The van der Waals surface area contributed by atoms with E-state index in [4.69, 9.17) is 14.2 Å². The van der Waals surface area contributed by atoms with E-state index < -0.39 is 18.0 Å². The fourth-order valence-corrected chi connectivity index (χ4v) is 4.60. The van der Waals surface area contributed by atoms with Crippen LogP contribution < -0.4 is 25.0 Å². The van der Waals surface area contributed by atoms with Crippen LogP contribution in [0.2, 0.25) is 0 Å². The van der Waals surface area contributed by atoms with Crippen LogP contribution in [-0.4, -0.2) is 70.5 Å². The van der Waals surface area contributed by atoms with E-state index in [1.165, 1.54) is 26.4 Å². The van der Waals surface area contributed by atoms with Gasteiger partial charge < -0.3 is 29.7 Å². The molecule has 2 N–H and O–H groups in total. The third kappa shape index (κ3) is 5.38. The lowest BCUT2D eigenvalue weighted by molar-refractivity contribution is -0.139. The van der Waals surface area contributed by atoms with Crippen LogP contribution in [-0.2, 0) is 9.53 Å². The summed E-state index contributed by atoms with van der Waals surface area (Å²) in [7, 11) is 3.04. The van der Waals surface area contributed by atoms with Gasteiger partial charge in [0.1, 0.15) is 5.82 Å². The van der Waals surface area contributed by atoms with Gasteiger partial charge in [-0.3, -0.25) is 4.90 Å². The zero-order valence-corrected chi connectivity index (χ0v) is 20.7. The van der Waals surface area contributed by atoms with Crippen molar-refractivity contribution in [3.63, 3.8) is 0 Å². The summed E-state index contributed by atoms with van der Waals surface area (Å²) in [4.78, 5) is 30.2. The maximum atomic E-state index is 13.3. The third-order valence-corrected chi connectivity index (χ3v) is 6.34. The predicted molar refractivity (Wildman–Crippen MR) is 133 cm³/mol. The Bertz CT molecular complexity index is 1130. The van der Waals surface area contributed by atoms with Crippen LogP contribution in [0.4, 0.5) is 14.9 Å². The number of amides is 2. The number of esters is 1. The van der Waals surface area contributed by atoms with Gasteiger partial charge in [0.05, 0.1) is 32.4 Å². The van der Waals surface area contributed by atoms with Gasteiger partial charge in [-0.2, -0.15) is 0 Å². The Labute approximate surface area is 209 Å². The molecule has 1 atom stereocenters. The summed E-state index contributed by atoms with van der Waals surface area (Å²) in [6, 6.07) is 10.6. The van der Waals surface area contributed by atoms with Gasteiger partial charge in [-0.1, -0.05) is 12.1 Å². The van der Waals surface area contributed by atoms with Crippen molar-refractivity contribution in [3.05, 3.63) is 65.1 Å². The van der Waals surface area contributed by atoms with Crippen molar-refractivity contribution in [2.45, 2.75) is 13.0 Å². The molecule has 10 heteroatoms. The summed E-state index contributed by atoms with van der Waals surface area (Å²) < 4.78 is 29.7. The first-order valence-electron chi connectivity index (χ1n) is 11.9. The molecule has 4 rings (SSSR count). The molecule has 2 aromatic carbocycles. The van der Waals surface area contributed by atoms with Crippen molar-refractivity contribution in [3.8, 4) is 11.5 Å². The Morgan fingerprint density at radius 1 is 1.06 bits per heavy atom. The number of hydrogen-bond acceptors (Lipinski definition) is 7. The quantitative estimate of drug-likeness (QED) is 0.541. The molecule has 2 amide bonds. The van der Waals surface area contributed by atoms with E-state index in [0.717, 1.165) is 18.8 Å². The number of para-hydroxylation sites is 1. The number of halogens is 1. The normalized spacial score (nSPS) is 18.4. The Morgan fingerprint density at radius 3 is 2.42 bits per heavy atom. The Kier molecular flexibility index (Phi) is 7.94. The van der Waals surface area contributed by atoms with Crippen molar-refractivity contribution in [1.29, 1.82) is 0 Å². The number of ether oxygens (including phenoxy) is 3. The molecule has 2 aliphatic rings. The number of piperazine rings is 1. The van der Waals surface area contributed by atoms with Crippen LogP contribution in [0.15, 0.2) is 53.7 Å². The van der Waals surface area contributed by atoms with Gasteiger partial charge in [-0.05, 0) is 37.3 Å². The summed E-state index contributed by atoms with van der Waals surface area (Å²) in [6.45, 7) is 5.16. The number of rotatable bonds is 8. The zero-order chi connectivity index (χ0) is 25.7. The summed E-state index contributed by atoms with van der Waals surface area (Å²) in [5.74, 6) is 0.144. The number of benzene rings is 2. The molecular formula is C26H31FN4O5. The number of hydrogen-bond donors (Lipinski definition) is 2. The monoisotopic (exact) mass is 498 g/mol. The van der Waals surface area contributed by atoms with Crippen molar-refractivity contribution in [2.75, 3.05) is 58.5 Å². The minimum absolute atomic E-state index is 0.196. The van der Waals surface area contributed by atoms with Crippen molar-refractivity contribution < 1.29 is 28.2 Å². The molecule has 0 saturated carbocycles. The van der Waals surface area contributed by atoms with Gasteiger partial charge >= 0.3 is 12.0 Å². The van der Waals surface area contributed by atoms with E-state index >= 15 is 0 Å². The third-order valence-electron chi connectivity index (χ3n) is 6.34. The zero-order valence-electron chi connectivity index (χ0n) is 20.7. The van der Waals surface area contributed by atoms with Crippen LogP contribution in [0.5, 0.6) is 11.5 Å². The highest BCUT2D eigenvalue weighted by molar-refractivity contribution is 5.95. The fraction of sp³-hybridized carbons (Fsp3) is 0.385. The Morgan fingerprint density at radius 2 is 1.78 bits per heavy atom. The molecule has 36 heavy (non-hydrogen) atoms. The SMILES string of the molecule is CCOC(=O)C1=C(CN2CCN(c3ccc(F)cc3)CC2)NC(=O)N[C@@H]1c1cccc(OC)c1OC. The number of carbonyl (C=O) groups is 2. The summed E-state index contributed by atoms with van der Waals surface area (Å²) >= 11 is 0. The van der Waals surface area contributed by atoms with E-state index in [0.29, 0.717) is 48.0 Å². The highest BCUT2D eigenvalue weighted by Crippen LogP contribution is 2.39. The second-order valence-corrected chi connectivity index (χ2v) is 8.47. The molecule has 9 nitrogen and oxygen atoms in total. The molecule has 0 radical (unpaired) electrons. The van der Waals surface area contributed by atoms with Crippen LogP contribution in [0, 0.1) is 5.82 Å². The van der Waals surface area contributed by atoms with E-state index in [1.54, 1.807) is 37.3 Å². The molecule has 0 bridgehead atoms. The van der Waals surface area contributed by atoms with E-state index in [9.17, 15) is 14.0 Å². The number of carbonyl (C=O) groups excluding carboxylic acids is 2. The van der Waals surface area contributed by atoms with Crippen LogP contribution in [0.1, 0.15) is 18.5 Å². The van der Waals surface area contributed by atoms with Crippen LogP contribution >= 0.6 is 0 Å². The number of methoxy groups -OCH3 is 2. The molecule has 1 fully saturated rings. The first-order valence-corrected chi connectivity index (χ1v) is 11.9. The molecule has 0 aromatic heterocycles. The molecule has 2 heterocycles. The summed E-state index contributed by atoms with van der Waals surface area (Å²) in [5.41, 5.74) is 2.36. The van der Waals surface area contributed by atoms with E-state index in [2.05, 4.69) is 20.4 Å². The summed E-state index contributed by atoms with van der Waals surface area (Å²) in [6.07, 6.45) is 0. The van der Waals surface area contributed by atoms with Crippen LogP contribution in [0.3, 0.4) is 0 Å². The molecule has 0 unspecified atom stereocenters. The number of nitrogens with one attached hydrogen (secondary N) is 2. The first kappa shape index (κ1) is 25.3. The molecule has 2 aromatic rings. The molecular weight excluding hydrogens is 467 g/mol. The molecule has 0 aliphatic carbocycles. The molecule has 2 aliphatic heterocycles. The minimum atomic E-state index is -0.779. The lowest BCUT2D eigenvalue weighted by atomic mass is 9.93. The van der Waals surface area contributed by atoms with Gasteiger partial charge in [0.15, 0.2) is 11.5 Å². The number of anilines is 1. The van der Waals surface area contributed by atoms with Crippen molar-refractivity contribution in [1.82, 2.24) is 15.5 Å². The van der Waals surface area contributed by atoms with Gasteiger partial charge in [0, 0.05) is 49.7 Å². The predicted octanol–water partition coefficient (Wildman–Crippen LogP) is 2.84. The number of nitrogens with zero attached hydrogens (tertiary/aromatic N) is 2. The average Bonchev–Trinajstić information content (AvgIpc) is 2.88. The largest absolute Gasteiger partial charge is 0.493 e. The fourth-order valence-electron chi connectivity index (χ4n) is 4.60. The smallest absolute Gasteiger partial charge is 0.338 e. The Balaban J connectivity index is 1.61. The second kappa shape index (κ2) is 11.3. The molecule has 192 valence electrons. The van der Waals surface area contributed by atoms with Gasteiger partial charge in [-0.25, -0.2) is 14.0 Å². The van der Waals surface area contributed by atoms with Gasteiger partial charge in [0.2, 0.25) is 0 Å². The van der Waals surface area contributed by atoms with E-state index in [-0.39, 0.29) is 12.4 Å². The lowest BCUT2D eigenvalue weighted by Crippen LogP contribution is -2.51. The highest BCUT2D eigenvalue weighted by Gasteiger charge is 2.36. The minimum Gasteiger partial charge on any atom is -0.493 e. The molecule has 0 spiro atoms. The highest BCUT2D eigenvalue weighted by atomic mass is 19.1. The summed E-state index contributed by atoms with van der Waals surface area (Å²) in [5, 5.41) is 5.67. The first-order chi connectivity index (χ1) is 17.4. The molecule has 1 saturated heterocycles. The van der Waals surface area contributed by atoms with Gasteiger partial charge in [0.25, 0.3) is 0 Å².